The summed E-state index contributed by atoms with van der Waals surface area (Å²) in [5, 5.41) is 11.9. The number of anilines is 2. The number of nitrogens with one attached hydrogen (secondary N) is 3. The molecule has 5 aromatic rings. The summed E-state index contributed by atoms with van der Waals surface area (Å²) in [7, 11) is 1.67. The highest BCUT2D eigenvalue weighted by Crippen LogP contribution is 2.39. The van der Waals surface area contributed by atoms with E-state index in [4.69, 9.17) is 14.0 Å². The number of hydrogen-bond donors (Lipinski definition) is 3. The highest BCUT2D eigenvalue weighted by molar-refractivity contribution is 7.22. The monoisotopic (exact) mass is 548 g/mol. The fourth-order valence-electron chi connectivity index (χ4n) is 3.69. The molecule has 39 heavy (non-hydrogen) atoms. The van der Waals surface area contributed by atoms with Crippen LogP contribution in [0, 0.1) is 12.7 Å². The summed E-state index contributed by atoms with van der Waals surface area (Å²) in [6.07, 6.45) is 3.48. The first kappa shape index (κ1) is 26.2. The molecule has 0 fully saturated rings. The number of carbonyl (C=O) groups is 1. The van der Waals surface area contributed by atoms with Gasteiger partial charge in [-0.1, -0.05) is 11.2 Å². The average molecular weight is 549 g/mol. The Morgan fingerprint density at radius 2 is 2.00 bits per heavy atom. The van der Waals surface area contributed by atoms with E-state index in [9.17, 15) is 9.18 Å². The highest BCUT2D eigenvalue weighted by Gasteiger charge is 2.14. The van der Waals surface area contributed by atoms with Crippen molar-refractivity contribution in [2.45, 2.75) is 13.5 Å². The van der Waals surface area contributed by atoms with Crippen LogP contribution in [0.25, 0.3) is 20.8 Å². The lowest BCUT2D eigenvalue weighted by Crippen LogP contribution is -2.20. The Morgan fingerprint density at radius 3 is 2.74 bits per heavy atom. The Bertz CT molecular complexity index is 1590. The molecule has 10 nitrogen and oxygen atoms in total. The number of rotatable bonds is 10. The summed E-state index contributed by atoms with van der Waals surface area (Å²) in [5.41, 5.74) is 2.63. The van der Waals surface area contributed by atoms with Crippen molar-refractivity contribution in [2.75, 3.05) is 30.9 Å². The smallest absolute Gasteiger partial charge is 0.325 e. The zero-order valence-corrected chi connectivity index (χ0v) is 22.0. The number of methoxy groups -OCH3 is 1. The molecule has 0 bridgehead atoms. The number of aryl methyl sites for hydroxylation is 1. The Balaban J connectivity index is 1.27. The van der Waals surface area contributed by atoms with Gasteiger partial charge in [-0.15, -0.1) is 11.3 Å². The van der Waals surface area contributed by atoms with Gasteiger partial charge in [0, 0.05) is 50.8 Å². The average Bonchev–Trinajstić information content (AvgIpc) is 3.55. The number of nitrogens with zero attached hydrogens (tertiary/aromatic N) is 3. The second-order valence-corrected chi connectivity index (χ2v) is 9.55. The molecule has 0 radical (unpaired) electrons. The van der Waals surface area contributed by atoms with Gasteiger partial charge in [0.05, 0.1) is 33.1 Å². The molecule has 0 spiro atoms. The molecular formula is C27H25FN6O4S. The molecule has 0 aliphatic rings. The minimum atomic E-state index is -0.655. The predicted octanol–water partition coefficient (Wildman–Crippen LogP) is 5.97. The van der Waals surface area contributed by atoms with Crippen molar-refractivity contribution in [3.8, 4) is 22.1 Å². The van der Waals surface area contributed by atoms with Crippen LogP contribution in [0.15, 0.2) is 65.4 Å². The number of amides is 2. The van der Waals surface area contributed by atoms with Gasteiger partial charge in [0.15, 0.2) is 5.82 Å². The van der Waals surface area contributed by atoms with E-state index < -0.39 is 11.8 Å². The molecule has 0 aliphatic heterocycles. The fourth-order valence-corrected chi connectivity index (χ4v) is 4.73. The van der Waals surface area contributed by atoms with Gasteiger partial charge in [0.25, 0.3) is 0 Å². The van der Waals surface area contributed by atoms with E-state index >= 15 is 0 Å². The number of pyridine rings is 2. The van der Waals surface area contributed by atoms with E-state index in [1.165, 1.54) is 23.5 Å². The molecule has 3 N–H and O–H groups in total. The topological polar surface area (TPSA) is 123 Å². The van der Waals surface area contributed by atoms with Crippen LogP contribution in [-0.2, 0) is 11.3 Å². The molecule has 4 aromatic heterocycles. The van der Waals surface area contributed by atoms with Crippen LogP contribution in [-0.4, -0.2) is 41.4 Å². The lowest BCUT2D eigenvalue weighted by atomic mass is 10.2. The molecule has 5 rings (SSSR count). The third-order valence-electron chi connectivity index (χ3n) is 5.55. The lowest BCUT2D eigenvalue weighted by Gasteiger charge is -2.10. The molecule has 0 saturated heterocycles. The van der Waals surface area contributed by atoms with Crippen molar-refractivity contribution in [3.05, 3.63) is 78.1 Å². The maximum absolute atomic E-state index is 14.8. The number of benzene rings is 1. The minimum Gasteiger partial charge on any atom is -0.456 e. The molecule has 0 saturated carbocycles. The third-order valence-corrected chi connectivity index (χ3v) is 6.71. The van der Waals surface area contributed by atoms with Gasteiger partial charge in [0.1, 0.15) is 23.1 Å². The second kappa shape index (κ2) is 12.0. The molecule has 0 aliphatic carbocycles. The Morgan fingerprint density at radius 1 is 1.10 bits per heavy atom. The van der Waals surface area contributed by atoms with Crippen LogP contribution in [0.5, 0.6) is 11.5 Å². The van der Waals surface area contributed by atoms with Crippen LogP contribution in [0.3, 0.4) is 0 Å². The van der Waals surface area contributed by atoms with Crippen molar-refractivity contribution >= 4 is 39.1 Å². The number of aromatic nitrogens is 3. The molecule has 200 valence electrons. The minimum absolute atomic E-state index is 0.0122. The number of thiophene rings is 1. The number of ether oxygens (including phenoxy) is 2. The van der Waals surface area contributed by atoms with E-state index in [0.29, 0.717) is 24.7 Å². The van der Waals surface area contributed by atoms with Gasteiger partial charge in [-0.3, -0.25) is 15.3 Å². The molecule has 2 amide bonds. The largest absolute Gasteiger partial charge is 0.456 e. The van der Waals surface area contributed by atoms with Gasteiger partial charge < -0.3 is 24.6 Å². The number of halogens is 1. The van der Waals surface area contributed by atoms with Crippen molar-refractivity contribution < 1.29 is 23.2 Å². The standard InChI is InChI=1S/C27H25FN6O4S/c1-16-11-25(34-38-16)33-27(35)32-20-6-4-18(12-19(20)28)37-23-7-8-30-22-13-24(39-26(22)23)21-5-3-17(15-31-21)14-29-9-10-36-2/h3-8,11-13,15,29H,9-10,14H2,1-2H3,(H2,32,33,34,35). The lowest BCUT2D eigenvalue weighted by molar-refractivity contribution is 0.199. The Labute approximate surface area is 227 Å². The number of hydrogen-bond acceptors (Lipinski definition) is 9. The van der Waals surface area contributed by atoms with Crippen LogP contribution in [0.2, 0.25) is 0 Å². The van der Waals surface area contributed by atoms with E-state index in [1.54, 1.807) is 38.4 Å². The zero-order valence-electron chi connectivity index (χ0n) is 21.2. The van der Waals surface area contributed by atoms with Crippen LogP contribution in [0.1, 0.15) is 11.3 Å². The first-order valence-electron chi connectivity index (χ1n) is 12.0. The van der Waals surface area contributed by atoms with Gasteiger partial charge in [0.2, 0.25) is 0 Å². The highest BCUT2D eigenvalue weighted by atomic mass is 32.1. The van der Waals surface area contributed by atoms with Crippen LogP contribution in [0.4, 0.5) is 20.7 Å². The summed E-state index contributed by atoms with van der Waals surface area (Å²) in [4.78, 5) is 22.1. The van der Waals surface area contributed by atoms with Gasteiger partial charge in [-0.05, 0) is 36.8 Å². The quantitative estimate of drug-likeness (QED) is 0.183. The Kier molecular flexibility index (Phi) is 8.06. The molecule has 4 heterocycles. The maximum Gasteiger partial charge on any atom is 0.325 e. The predicted molar refractivity (Wildman–Crippen MR) is 147 cm³/mol. The molecule has 0 unspecified atom stereocenters. The summed E-state index contributed by atoms with van der Waals surface area (Å²) < 4.78 is 31.5. The summed E-state index contributed by atoms with van der Waals surface area (Å²) in [5.74, 6) is 0.920. The summed E-state index contributed by atoms with van der Waals surface area (Å²) >= 11 is 1.49. The van der Waals surface area contributed by atoms with Crippen molar-refractivity contribution in [2.24, 2.45) is 0 Å². The molecule has 1 aromatic carbocycles. The first-order valence-corrected chi connectivity index (χ1v) is 12.8. The normalized spacial score (nSPS) is 11.1. The molecule has 0 atom stereocenters. The van der Waals surface area contributed by atoms with Crippen molar-refractivity contribution in [1.29, 1.82) is 0 Å². The summed E-state index contributed by atoms with van der Waals surface area (Å²) in [6, 6.07) is 12.8. The van der Waals surface area contributed by atoms with Gasteiger partial charge in [-0.2, -0.15) is 0 Å². The van der Waals surface area contributed by atoms with E-state index in [-0.39, 0.29) is 17.3 Å². The SMILES string of the molecule is COCCNCc1ccc(-c2cc3nccc(Oc4ccc(NC(=O)Nc5cc(C)on5)c(F)c4)c3s2)nc1. The third kappa shape index (κ3) is 6.55. The maximum atomic E-state index is 14.8. The number of carbonyl (C=O) groups excluding carboxylic acids is 1. The van der Waals surface area contributed by atoms with Crippen LogP contribution < -0.4 is 20.7 Å². The number of fused-ring (bicyclic) bond motifs is 1. The molecular weight excluding hydrogens is 523 g/mol. The van der Waals surface area contributed by atoms with Crippen molar-refractivity contribution in [1.82, 2.24) is 20.4 Å². The van der Waals surface area contributed by atoms with Gasteiger partial charge in [-0.25, -0.2) is 9.18 Å². The van der Waals surface area contributed by atoms with Crippen LogP contribution >= 0.6 is 11.3 Å². The van der Waals surface area contributed by atoms with Crippen molar-refractivity contribution in [3.63, 3.8) is 0 Å². The van der Waals surface area contributed by atoms with E-state index in [0.717, 1.165) is 32.9 Å². The fraction of sp³-hybridized carbons (Fsp3) is 0.185. The van der Waals surface area contributed by atoms with Gasteiger partial charge >= 0.3 is 6.03 Å². The van der Waals surface area contributed by atoms with E-state index in [1.807, 2.05) is 24.4 Å². The van der Waals surface area contributed by atoms with E-state index in [2.05, 4.69) is 31.1 Å². The zero-order chi connectivity index (χ0) is 27.2. The molecule has 12 heteroatoms. The Hall–Kier alpha value is -4.39. The second-order valence-electron chi connectivity index (χ2n) is 8.50. The summed E-state index contributed by atoms with van der Waals surface area (Å²) in [6.45, 7) is 3.82. The first-order chi connectivity index (χ1) is 19.0. The number of urea groups is 1.